The van der Waals surface area contributed by atoms with Gasteiger partial charge in [0.1, 0.15) is 11.6 Å². The highest BCUT2D eigenvalue weighted by Gasteiger charge is 2.26. The van der Waals surface area contributed by atoms with Crippen molar-refractivity contribution in [1.29, 1.82) is 0 Å². The van der Waals surface area contributed by atoms with Gasteiger partial charge in [-0.15, -0.1) is 10.2 Å². The van der Waals surface area contributed by atoms with Crippen molar-refractivity contribution in [3.05, 3.63) is 46.4 Å². The summed E-state index contributed by atoms with van der Waals surface area (Å²) in [6.07, 6.45) is 2.11. The predicted molar refractivity (Wildman–Crippen MR) is 146 cm³/mol. The molecule has 4 aromatic rings. The number of rotatable bonds is 8. The molecule has 0 atom stereocenters. The Hall–Kier alpha value is -3.88. The summed E-state index contributed by atoms with van der Waals surface area (Å²) >= 11 is 0. The van der Waals surface area contributed by atoms with Crippen LogP contribution in [0.15, 0.2) is 24.3 Å². The van der Waals surface area contributed by atoms with Crippen molar-refractivity contribution in [2.75, 3.05) is 39.3 Å². The zero-order valence-electron chi connectivity index (χ0n) is 23.2. The summed E-state index contributed by atoms with van der Waals surface area (Å²) < 4.78 is 18.4. The van der Waals surface area contributed by atoms with E-state index in [4.69, 9.17) is 24.3 Å². The lowest BCUT2D eigenvalue weighted by Crippen LogP contribution is -2.23. The first kappa shape index (κ1) is 26.2. The molecule has 0 radical (unpaired) electrons. The molecule has 196 valence electrons. The molecule has 37 heavy (non-hydrogen) atoms. The Bertz CT molecular complexity index is 1470. The molecule has 0 spiro atoms. The monoisotopic (exact) mass is 504 g/mol. The van der Waals surface area contributed by atoms with Crippen molar-refractivity contribution < 1.29 is 14.2 Å². The predicted octanol–water partition coefficient (Wildman–Crippen LogP) is 4.21. The van der Waals surface area contributed by atoms with Crippen LogP contribution in [0.25, 0.3) is 23.1 Å². The van der Waals surface area contributed by atoms with E-state index < -0.39 is 0 Å². The second kappa shape index (κ2) is 10.2. The Morgan fingerprint density at radius 3 is 2.14 bits per heavy atom. The number of ether oxygens (including phenoxy) is 3. The Kier molecular flexibility index (Phi) is 7.25. The first-order chi connectivity index (χ1) is 17.7. The zero-order chi connectivity index (χ0) is 26.9. The molecule has 0 aliphatic carbocycles. The molecule has 0 bridgehead atoms. The van der Waals surface area contributed by atoms with E-state index in [0.717, 1.165) is 41.1 Å². The molecule has 1 aromatic carbocycles. The van der Waals surface area contributed by atoms with Gasteiger partial charge in [-0.25, -0.2) is 4.98 Å². The number of pyridine rings is 1. The number of nitrogens with zero attached hydrogens (tertiary/aromatic N) is 6. The van der Waals surface area contributed by atoms with Gasteiger partial charge in [0.05, 0.1) is 32.6 Å². The van der Waals surface area contributed by atoms with Gasteiger partial charge in [-0.3, -0.25) is 0 Å². The molecular formula is C28H36N6O3. The van der Waals surface area contributed by atoms with Crippen LogP contribution in [-0.4, -0.2) is 59.2 Å². The number of aromatic nitrogens is 5. The minimum absolute atomic E-state index is 0.228. The maximum absolute atomic E-state index is 5.66. The molecule has 0 N–H and O–H groups in total. The Labute approximate surface area is 218 Å². The first-order valence-electron chi connectivity index (χ1n) is 12.5. The van der Waals surface area contributed by atoms with Gasteiger partial charge in [-0.2, -0.15) is 9.61 Å². The van der Waals surface area contributed by atoms with Crippen LogP contribution < -0.4 is 24.3 Å². The highest BCUT2D eigenvalue weighted by atomic mass is 16.5. The van der Waals surface area contributed by atoms with E-state index in [2.05, 4.69) is 67.9 Å². The third-order valence-electron chi connectivity index (χ3n) is 6.49. The van der Waals surface area contributed by atoms with Gasteiger partial charge in [0.2, 0.25) is 0 Å². The molecule has 4 rings (SSSR count). The van der Waals surface area contributed by atoms with Crippen LogP contribution in [0.4, 0.5) is 5.82 Å². The summed E-state index contributed by atoms with van der Waals surface area (Å²) in [5, 5.41) is 15.0. The third-order valence-corrected chi connectivity index (χ3v) is 6.49. The summed E-state index contributed by atoms with van der Waals surface area (Å²) in [5.41, 5.74) is 4.04. The van der Waals surface area contributed by atoms with Crippen LogP contribution in [0.2, 0.25) is 0 Å². The first-order valence-corrected chi connectivity index (χ1v) is 12.5. The van der Waals surface area contributed by atoms with Gasteiger partial charge in [0.15, 0.2) is 23.0 Å². The number of benzene rings is 1. The molecule has 0 amide bonds. The molecule has 9 nitrogen and oxygen atoms in total. The maximum Gasteiger partial charge on any atom is 0.189 e. The smallest absolute Gasteiger partial charge is 0.189 e. The summed E-state index contributed by atoms with van der Waals surface area (Å²) in [5.74, 6) is 3.26. The minimum Gasteiger partial charge on any atom is -0.496 e. The quantitative estimate of drug-likeness (QED) is 0.353. The zero-order valence-corrected chi connectivity index (χ0v) is 23.2. The molecule has 0 fully saturated rings. The van der Waals surface area contributed by atoms with Crippen molar-refractivity contribution in [2.45, 2.75) is 47.0 Å². The highest BCUT2D eigenvalue weighted by molar-refractivity contribution is 5.72. The van der Waals surface area contributed by atoms with Crippen LogP contribution in [0.1, 0.15) is 51.6 Å². The van der Waals surface area contributed by atoms with E-state index >= 15 is 0 Å². The fourth-order valence-corrected chi connectivity index (χ4v) is 4.45. The lowest BCUT2D eigenvalue weighted by molar-refractivity contribution is 0.349. The standard InChI is InChI=1S/C28H36N6O3/c1-10-33(11-2)24-13-12-18(17(3)29-24)14-20-25(28(4,5)6)32-34-26(30-31-27(20)34)19-15-22(36-8)23(37-9)16-21(19)35-7/h12-16H,10-11H2,1-9H3. The van der Waals surface area contributed by atoms with Crippen LogP contribution in [0.5, 0.6) is 17.2 Å². The number of aryl methyl sites for hydroxylation is 1. The van der Waals surface area contributed by atoms with Crippen molar-refractivity contribution in [2.24, 2.45) is 0 Å². The fraction of sp³-hybridized carbons (Fsp3) is 0.429. The van der Waals surface area contributed by atoms with Crippen molar-refractivity contribution >= 4 is 17.5 Å². The number of fused-ring (bicyclic) bond motifs is 1. The highest BCUT2D eigenvalue weighted by Crippen LogP contribution is 2.39. The second-order valence-corrected chi connectivity index (χ2v) is 9.84. The summed E-state index contributed by atoms with van der Waals surface area (Å²) in [6.45, 7) is 14.6. The average Bonchev–Trinajstić information content (AvgIpc) is 3.45. The molecule has 0 saturated carbocycles. The normalized spacial score (nSPS) is 12.3. The fourth-order valence-electron chi connectivity index (χ4n) is 4.45. The molecule has 0 aliphatic heterocycles. The van der Waals surface area contributed by atoms with Gasteiger partial charge in [-0.05, 0) is 50.6 Å². The van der Waals surface area contributed by atoms with E-state index in [1.807, 2.05) is 13.0 Å². The van der Waals surface area contributed by atoms with Crippen LogP contribution >= 0.6 is 0 Å². The molecule has 0 aliphatic rings. The lowest BCUT2D eigenvalue weighted by atomic mass is 9.90. The van der Waals surface area contributed by atoms with Gasteiger partial charge < -0.3 is 19.1 Å². The third kappa shape index (κ3) is 4.77. The van der Waals surface area contributed by atoms with Crippen LogP contribution in [0, 0.1) is 6.92 Å². The molecule has 0 saturated heterocycles. The van der Waals surface area contributed by atoms with Gasteiger partial charge in [0, 0.05) is 35.5 Å². The number of methoxy groups -OCH3 is 3. The van der Waals surface area contributed by atoms with Crippen LogP contribution in [-0.2, 0) is 5.41 Å². The molecule has 9 heteroatoms. The number of anilines is 1. The van der Waals surface area contributed by atoms with E-state index in [1.54, 1.807) is 31.9 Å². The summed E-state index contributed by atoms with van der Waals surface area (Å²) in [6, 6.07) is 7.80. The van der Waals surface area contributed by atoms with E-state index in [-0.39, 0.29) is 5.41 Å². The van der Waals surface area contributed by atoms with Crippen molar-refractivity contribution in [1.82, 2.24) is 24.8 Å². The Morgan fingerprint density at radius 2 is 1.57 bits per heavy atom. The summed E-state index contributed by atoms with van der Waals surface area (Å²) in [7, 11) is 4.80. The van der Waals surface area contributed by atoms with Gasteiger partial charge in [-0.1, -0.05) is 20.8 Å². The van der Waals surface area contributed by atoms with Gasteiger partial charge >= 0.3 is 0 Å². The van der Waals surface area contributed by atoms with Crippen molar-refractivity contribution in [3.63, 3.8) is 0 Å². The summed E-state index contributed by atoms with van der Waals surface area (Å²) in [4.78, 5) is 7.10. The average molecular weight is 505 g/mol. The Balaban J connectivity index is 1.95. The van der Waals surface area contributed by atoms with Crippen molar-refractivity contribution in [3.8, 4) is 28.6 Å². The number of hydrogen-bond donors (Lipinski definition) is 0. The SMILES string of the molecule is CCN(CC)c1ccc(C=c2c(C(C)(C)C)nn3c(-c4cc(OC)c(OC)cc4OC)nnc23)c(C)n1. The lowest BCUT2D eigenvalue weighted by Gasteiger charge is -2.20. The Morgan fingerprint density at radius 1 is 0.919 bits per heavy atom. The molecule has 3 heterocycles. The molecule has 3 aromatic heterocycles. The van der Waals surface area contributed by atoms with Crippen LogP contribution in [0.3, 0.4) is 0 Å². The van der Waals surface area contributed by atoms with E-state index in [1.165, 1.54) is 0 Å². The second-order valence-electron chi connectivity index (χ2n) is 9.84. The largest absolute Gasteiger partial charge is 0.496 e. The van der Waals surface area contributed by atoms with E-state index in [0.29, 0.717) is 34.3 Å². The minimum atomic E-state index is -0.228. The van der Waals surface area contributed by atoms with E-state index in [9.17, 15) is 0 Å². The molecular weight excluding hydrogens is 468 g/mol. The topological polar surface area (TPSA) is 86.9 Å². The molecule has 0 unspecified atom stereocenters. The maximum atomic E-state index is 5.66. The number of hydrogen-bond acceptors (Lipinski definition) is 8. The van der Waals surface area contributed by atoms with Gasteiger partial charge in [0.25, 0.3) is 0 Å².